The fourth-order valence-corrected chi connectivity index (χ4v) is 3.14. The zero-order valence-electron chi connectivity index (χ0n) is 19.6. The van der Waals surface area contributed by atoms with Gasteiger partial charge in [0.1, 0.15) is 17.4 Å². The molecule has 0 fully saturated rings. The highest BCUT2D eigenvalue weighted by Gasteiger charge is 2.12. The van der Waals surface area contributed by atoms with Crippen LogP contribution in [0.4, 0.5) is 11.4 Å². The molecule has 0 aliphatic heterocycles. The van der Waals surface area contributed by atoms with Gasteiger partial charge in [-0.25, -0.2) is 0 Å². The number of nitrogens with zero attached hydrogens (tertiary/aromatic N) is 1. The number of rotatable bonds is 9. The molecule has 0 saturated carbocycles. The van der Waals surface area contributed by atoms with Crippen LogP contribution in [0.5, 0.6) is 17.2 Å². The maximum atomic E-state index is 12.5. The number of nitriles is 1. The number of anilines is 2. The van der Waals surface area contributed by atoms with Crippen LogP contribution in [-0.2, 0) is 9.59 Å². The van der Waals surface area contributed by atoms with Crippen LogP contribution >= 0.6 is 0 Å². The molecule has 0 unspecified atom stereocenters. The van der Waals surface area contributed by atoms with E-state index in [0.717, 1.165) is 5.56 Å². The highest BCUT2D eigenvalue weighted by atomic mass is 16.5. The average Bonchev–Trinajstić information content (AvgIpc) is 2.86. The quantitative estimate of drug-likeness (QED) is 0.349. The second-order valence-electron chi connectivity index (χ2n) is 7.47. The van der Waals surface area contributed by atoms with E-state index in [0.29, 0.717) is 34.2 Å². The lowest BCUT2D eigenvalue weighted by Gasteiger charge is -2.12. The van der Waals surface area contributed by atoms with Crippen molar-refractivity contribution < 1.29 is 23.8 Å². The molecule has 3 aromatic carbocycles. The van der Waals surface area contributed by atoms with Gasteiger partial charge in [-0.05, 0) is 72.7 Å². The van der Waals surface area contributed by atoms with Crippen molar-refractivity contribution in [2.75, 3.05) is 31.5 Å². The Morgan fingerprint density at radius 3 is 2.34 bits per heavy atom. The number of aryl methyl sites for hydroxylation is 1. The summed E-state index contributed by atoms with van der Waals surface area (Å²) in [5.41, 5.74) is 2.71. The molecule has 3 rings (SSSR count). The lowest BCUT2D eigenvalue weighted by molar-refractivity contribution is -0.118. The number of benzene rings is 3. The number of amides is 2. The van der Waals surface area contributed by atoms with Crippen molar-refractivity contribution in [3.05, 3.63) is 83.4 Å². The van der Waals surface area contributed by atoms with E-state index in [1.165, 1.54) is 13.2 Å². The molecular weight excluding hydrogens is 446 g/mol. The molecule has 0 aromatic heterocycles. The van der Waals surface area contributed by atoms with Gasteiger partial charge in [0.2, 0.25) is 0 Å². The van der Waals surface area contributed by atoms with Crippen molar-refractivity contribution >= 4 is 29.3 Å². The van der Waals surface area contributed by atoms with Crippen molar-refractivity contribution in [3.63, 3.8) is 0 Å². The molecule has 0 saturated heterocycles. The zero-order chi connectivity index (χ0) is 25.2. The highest BCUT2D eigenvalue weighted by molar-refractivity contribution is 6.09. The predicted octanol–water partition coefficient (Wildman–Crippen LogP) is 4.58. The first-order chi connectivity index (χ1) is 16.9. The van der Waals surface area contributed by atoms with Crippen LogP contribution in [0, 0.1) is 18.3 Å². The van der Waals surface area contributed by atoms with Gasteiger partial charge in [-0.3, -0.25) is 9.59 Å². The molecule has 0 atom stereocenters. The molecule has 8 nitrogen and oxygen atoms in total. The van der Waals surface area contributed by atoms with E-state index in [1.54, 1.807) is 55.6 Å². The molecular formula is C27H25N3O5. The summed E-state index contributed by atoms with van der Waals surface area (Å²) in [6.45, 7) is 1.72. The number of nitrogens with one attached hydrogen (secondary N) is 2. The number of ether oxygens (including phenoxy) is 3. The summed E-state index contributed by atoms with van der Waals surface area (Å²) in [6, 6.07) is 21.0. The van der Waals surface area contributed by atoms with E-state index in [-0.39, 0.29) is 18.1 Å². The van der Waals surface area contributed by atoms with Gasteiger partial charge in [0, 0.05) is 11.4 Å². The Bertz CT molecular complexity index is 1280. The van der Waals surface area contributed by atoms with Crippen molar-refractivity contribution in [3.8, 4) is 23.3 Å². The minimum absolute atomic E-state index is 0.0888. The number of carbonyl (C=O) groups is 2. The Hall–Kier alpha value is -4.77. The molecule has 0 radical (unpaired) electrons. The first-order valence-electron chi connectivity index (χ1n) is 10.7. The molecule has 178 valence electrons. The number of methoxy groups -OCH3 is 2. The largest absolute Gasteiger partial charge is 0.497 e. The molecule has 0 bridgehead atoms. The Labute approximate surface area is 203 Å². The van der Waals surface area contributed by atoms with Crippen LogP contribution < -0.4 is 24.8 Å². The third-order valence-corrected chi connectivity index (χ3v) is 4.87. The van der Waals surface area contributed by atoms with E-state index >= 15 is 0 Å². The first kappa shape index (κ1) is 24.9. The van der Waals surface area contributed by atoms with Gasteiger partial charge in [0.05, 0.1) is 14.2 Å². The van der Waals surface area contributed by atoms with Crippen LogP contribution in [0.2, 0.25) is 0 Å². The fourth-order valence-electron chi connectivity index (χ4n) is 3.14. The molecule has 2 N–H and O–H groups in total. The van der Waals surface area contributed by atoms with Gasteiger partial charge in [0.15, 0.2) is 18.1 Å². The smallest absolute Gasteiger partial charge is 0.266 e. The predicted molar refractivity (Wildman–Crippen MR) is 134 cm³/mol. The summed E-state index contributed by atoms with van der Waals surface area (Å²) in [5.74, 6) is 0.495. The number of carbonyl (C=O) groups excluding carboxylic acids is 2. The van der Waals surface area contributed by atoms with Crippen molar-refractivity contribution in [1.29, 1.82) is 5.26 Å². The second-order valence-corrected chi connectivity index (χ2v) is 7.47. The van der Waals surface area contributed by atoms with Gasteiger partial charge >= 0.3 is 0 Å². The van der Waals surface area contributed by atoms with Crippen LogP contribution in [-0.4, -0.2) is 32.6 Å². The standard InChI is InChI=1S/C27H25N3O5/c1-18-5-4-6-22(13-18)29-26(31)17-35-24-12-7-19(15-25(24)34-3)14-20(16-28)27(32)30-21-8-10-23(33-2)11-9-21/h4-15H,17H2,1-3H3,(H,29,31)(H,30,32)/b20-14+. The Morgan fingerprint density at radius 2 is 1.69 bits per heavy atom. The minimum atomic E-state index is -0.551. The monoisotopic (exact) mass is 471 g/mol. The average molecular weight is 472 g/mol. The van der Waals surface area contributed by atoms with Gasteiger partial charge < -0.3 is 24.8 Å². The van der Waals surface area contributed by atoms with Gasteiger partial charge in [-0.15, -0.1) is 0 Å². The maximum Gasteiger partial charge on any atom is 0.266 e. The highest BCUT2D eigenvalue weighted by Crippen LogP contribution is 2.29. The van der Waals surface area contributed by atoms with Gasteiger partial charge in [-0.1, -0.05) is 18.2 Å². The van der Waals surface area contributed by atoms with Gasteiger partial charge in [-0.2, -0.15) is 5.26 Å². The Morgan fingerprint density at radius 1 is 0.914 bits per heavy atom. The maximum absolute atomic E-state index is 12.5. The third kappa shape index (κ3) is 7.11. The van der Waals surface area contributed by atoms with E-state index in [4.69, 9.17) is 14.2 Å². The van der Waals surface area contributed by atoms with Crippen LogP contribution in [0.3, 0.4) is 0 Å². The van der Waals surface area contributed by atoms with E-state index in [1.807, 2.05) is 31.2 Å². The molecule has 0 aliphatic carbocycles. The summed E-state index contributed by atoms with van der Waals surface area (Å²) >= 11 is 0. The molecule has 2 amide bonds. The Balaban J connectivity index is 1.66. The van der Waals surface area contributed by atoms with E-state index in [2.05, 4.69) is 10.6 Å². The minimum Gasteiger partial charge on any atom is -0.497 e. The summed E-state index contributed by atoms with van der Waals surface area (Å²) in [4.78, 5) is 24.8. The normalized spacial score (nSPS) is 10.6. The second kappa shape index (κ2) is 11.9. The SMILES string of the molecule is COc1ccc(NC(=O)/C(C#N)=C/c2ccc(OCC(=O)Nc3cccc(C)c3)c(OC)c2)cc1. The number of hydrogen-bond donors (Lipinski definition) is 2. The van der Waals surface area contributed by atoms with E-state index < -0.39 is 5.91 Å². The molecule has 3 aromatic rings. The third-order valence-electron chi connectivity index (χ3n) is 4.87. The van der Waals surface area contributed by atoms with Crippen LogP contribution in [0.25, 0.3) is 6.08 Å². The summed E-state index contributed by atoms with van der Waals surface area (Å²) in [6.07, 6.45) is 1.44. The van der Waals surface area contributed by atoms with Crippen LogP contribution in [0.15, 0.2) is 72.3 Å². The van der Waals surface area contributed by atoms with E-state index in [9.17, 15) is 14.9 Å². The van der Waals surface area contributed by atoms with Gasteiger partial charge in [0.25, 0.3) is 11.8 Å². The molecule has 35 heavy (non-hydrogen) atoms. The number of hydrogen-bond acceptors (Lipinski definition) is 6. The topological polar surface area (TPSA) is 110 Å². The molecule has 0 aliphatic rings. The summed E-state index contributed by atoms with van der Waals surface area (Å²) in [7, 11) is 3.01. The summed E-state index contributed by atoms with van der Waals surface area (Å²) < 4.78 is 16.1. The van der Waals surface area contributed by atoms with Crippen molar-refractivity contribution in [2.24, 2.45) is 0 Å². The lowest BCUT2D eigenvalue weighted by Crippen LogP contribution is -2.20. The van der Waals surface area contributed by atoms with Crippen molar-refractivity contribution in [2.45, 2.75) is 6.92 Å². The summed E-state index contributed by atoms with van der Waals surface area (Å²) in [5, 5.41) is 14.9. The Kier molecular flexibility index (Phi) is 8.46. The van der Waals surface area contributed by atoms with Crippen LogP contribution in [0.1, 0.15) is 11.1 Å². The molecule has 8 heteroatoms. The molecule has 0 spiro atoms. The molecule has 0 heterocycles. The zero-order valence-corrected chi connectivity index (χ0v) is 19.6. The van der Waals surface area contributed by atoms with Crippen molar-refractivity contribution in [1.82, 2.24) is 0 Å². The lowest BCUT2D eigenvalue weighted by atomic mass is 10.1. The first-order valence-corrected chi connectivity index (χ1v) is 10.7. The fraction of sp³-hybridized carbons (Fsp3) is 0.148.